The summed E-state index contributed by atoms with van der Waals surface area (Å²) in [5.41, 5.74) is 9.87. The molecule has 0 saturated heterocycles. The van der Waals surface area contributed by atoms with Crippen molar-refractivity contribution >= 4 is 33.8 Å². The zero-order valence-corrected chi connectivity index (χ0v) is 28.4. The van der Waals surface area contributed by atoms with E-state index < -0.39 is 0 Å². The van der Waals surface area contributed by atoms with E-state index in [0.29, 0.717) is 22.7 Å². The van der Waals surface area contributed by atoms with Crippen LogP contribution in [0.2, 0.25) is 0 Å². The van der Waals surface area contributed by atoms with Crippen molar-refractivity contribution in [2.45, 2.75) is 52.4 Å². The Bertz CT molecular complexity index is 2310. The van der Waals surface area contributed by atoms with Gasteiger partial charge in [0.05, 0.1) is 11.3 Å². The Morgan fingerprint density at radius 1 is 0.625 bits per heavy atom. The maximum absolute atomic E-state index is 11.3. The number of phenols is 1. The average Bonchev–Trinajstić information content (AvgIpc) is 3.51. The molecule has 0 aliphatic rings. The number of benzene rings is 6. The van der Waals surface area contributed by atoms with Crippen LogP contribution >= 0.6 is 0 Å². The second kappa shape index (κ2) is 12.0. The first kappa shape index (κ1) is 31.1. The molecule has 6 aromatic carbocycles. The maximum atomic E-state index is 11.3. The predicted molar refractivity (Wildman–Crippen MR) is 201 cm³/mol. The Balaban J connectivity index is 1.23. The van der Waals surface area contributed by atoms with Crippen LogP contribution in [0.25, 0.3) is 55.6 Å². The third kappa shape index (κ3) is 6.02. The van der Waals surface area contributed by atoms with Gasteiger partial charge in [0.15, 0.2) is 5.58 Å². The van der Waals surface area contributed by atoms with Crippen LogP contribution in [0.3, 0.4) is 0 Å². The molecule has 0 aliphatic heterocycles. The van der Waals surface area contributed by atoms with Gasteiger partial charge in [-0.05, 0) is 74.2 Å². The molecule has 0 aliphatic carbocycles. The quantitative estimate of drug-likeness (QED) is 0.193. The van der Waals surface area contributed by atoms with Crippen molar-refractivity contribution in [2.75, 3.05) is 0 Å². The lowest BCUT2D eigenvalue weighted by atomic mass is 9.79. The number of rotatable bonds is 5. The number of para-hydroxylation sites is 2. The second-order valence-electron chi connectivity index (χ2n) is 14.5. The van der Waals surface area contributed by atoms with Crippen LogP contribution in [0.1, 0.15) is 58.2 Å². The van der Waals surface area contributed by atoms with E-state index in [1.165, 1.54) is 16.3 Å². The minimum atomic E-state index is -0.224. The number of aliphatic imine (C=N–C) groups is 1. The first-order valence-corrected chi connectivity index (χ1v) is 16.5. The SMILES string of the molecule is CC(C)(C)c1cc(C=Nc2ccccc2-c2nc3c(-c4ccc(-c5ccc6ccccc6c5)cc4)cccc3o2)c(O)c(C(C)(C)C)c1. The van der Waals surface area contributed by atoms with E-state index in [2.05, 4.69) is 120 Å². The van der Waals surface area contributed by atoms with Crippen molar-refractivity contribution in [3.05, 3.63) is 138 Å². The molecule has 1 heterocycles. The third-order valence-electron chi connectivity index (χ3n) is 8.99. The summed E-state index contributed by atoms with van der Waals surface area (Å²) in [6.07, 6.45) is 1.75. The van der Waals surface area contributed by atoms with E-state index in [-0.39, 0.29) is 16.6 Å². The Morgan fingerprint density at radius 3 is 2.04 bits per heavy atom. The van der Waals surface area contributed by atoms with Crippen molar-refractivity contribution in [1.82, 2.24) is 4.98 Å². The van der Waals surface area contributed by atoms with Crippen LogP contribution in [0.15, 0.2) is 131 Å². The number of hydrogen-bond acceptors (Lipinski definition) is 4. The highest BCUT2D eigenvalue weighted by Crippen LogP contribution is 2.39. The summed E-state index contributed by atoms with van der Waals surface area (Å²) in [6, 6.07) is 41.7. The lowest BCUT2D eigenvalue weighted by Gasteiger charge is -2.27. The molecule has 0 spiro atoms. The predicted octanol–water partition coefficient (Wildman–Crippen LogP) is 12.0. The summed E-state index contributed by atoms with van der Waals surface area (Å²) >= 11 is 0. The summed E-state index contributed by atoms with van der Waals surface area (Å²) < 4.78 is 6.36. The molecule has 4 nitrogen and oxygen atoms in total. The molecular weight excluding hydrogens is 588 g/mol. The van der Waals surface area contributed by atoms with Gasteiger partial charge in [-0.25, -0.2) is 4.98 Å². The minimum Gasteiger partial charge on any atom is -0.507 e. The highest BCUT2D eigenvalue weighted by atomic mass is 16.3. The van der Waals surface area contributed by atoms with Crippen LogP contribution in [-0.2, 0) is 10.8 Å². The monoisotopic (exact) mass is 628 g/mol. The van der Waals surface area contributed by atoms with E-state index >= 15 is 0 Å². The Kier molecular flexibility index (Phi) is 7.75. The molecule has 48 heavy (non-hydrogen) atoms. The summed E-state index contributed by atoms with van der Waals surface area (Å²) in [5.74, 6) is 0.760. The summed E-state index contributed by atoms with van der Waals surface area (Å²) in [7, 11) is 0. The highest BCUT2D eigenvalue weighted by molar-refractivity contribution is 5.94. The average molecular weight is 629 g/mol. The Hall–Kier alpha value is -5.48. The number of aromatic nitrogens is 1. The fraction of sp³-hybridized carbons (Fsp3) is 0.182. The number of nitrogens with zero attached hydrogens (tertiary/aromatic N) is 2. The summed E-state index contributed by atoms with van der Waals surface area (Å²) in [6.45, 7) is 12.9. The number of fused-ring (bicyclic) bond motifs is 2. The summed E-state index contributed by atoms with van der Waals surface area (Å²) in [4.78, 5) is 9.89. The van der Waals surface area contributed by atoms with E-state index in [1.54, 1.807) is 6.21 Å². The van der Waals surface area contributed by atoms with Crippen LogP contribution in [0.4, 0.5) is 5.69 Å². The standard InChI is InChI=1S/C44H40N2O2/c1-43(2,3)34-25-33(41(47)37(26-34)44(4,5)6)27-45-38-16-10-9-14-36(38)42-46-40-35(15-11-17-39(40)48-42)30-21-18-29(19-22-30)32-23-20-28-12-7-8-13-31(28)24-32/h7-27,47H,1-6H3. The fourth-order valence-corrected chi connectivity index (χ4v) is 6.17. The molecular formula is C44H40N2O2. The largest absolute Gasteiger partial charge is 0.507 e. The van der Waals surface area contributed by atoms with Gasteiger partial charge in [0.1, 0.15) is 11.3 Å². The van der Waals surface area contributed by atoms with Gasteiger partial charge in [-0.15, -0.1) is 0 Å². The van der Waals surface area contributed by atoms with Crippen molar-refractivity contribution in [3.63, 3.8) is 0 Å². The number of aromatic hydroxyl groups is 1. The van der Waals surface area contributed by atoms with E-state index in [9.17, 15) is 5.11 Å². The molecule has 0 saturated carbocycles. The molecule has 0 fully saturated rings. The third-order valence-corrected chi connectivity index (χ3v) is 8.99. The van der Waals surface area contributed by atoms with Crippen LogP contribution < -0.4 is 0 Å². The molecule has 238 valence electrons. The topological polar surface area (TPSA) is 58.6 Å². The molecule has 0 unspecified atom stereocenters. The lowest BCUT2D eigenvalue weighted by Crippen LogP contribution is -2.17. The molecule has 0 amide bonds. The molecule has 7 rings (SSSR count). The molecule has 7 aromatic rings. The maximum Gasteiger partial charge on any atom is 0.229 e. The van der Waals surface area contributed by atoms with Crippen LogP contribution in [0.5, 0.6) is 5.75 Å². The number of oxazole rings is 1. The normalized spacial score (nSPS) is 12.4. The van der Waals surface area contributed by atoms with Gasteiger partial charge in [-0.1, -0.05) is 133 Å². The van der Waals surface area contributed by atoms with Gasteiger partial charge in [0.25, 0.3) is 0 Å². The molecule has 4 heteroatoms. The van der Waals surface area contributed by atoms with Crippen LogP contribution in [-0.4, -0.2) is 16.3 Å². The molecule has 1 N–H and O–H groups in total. The van der Waals surface area contributed by atoms with Crippen molar-refractivity contribution < 1.29 is 9.52 Å². The first-order chi connectivity index (χ1) is 23.0. The first-order valence-electron chi connectivity index (χ1n) is 16.5. The van der Waals surface area contributed by atoms with E-state index in [1.807, 2.05) is 42.5 Å². The lowest BCUT2D eigenvalue weighted by molar-refractivity contribution is 0.444. The second-order valence-corrected chi connectivity index (χ2v) is 14.5. The molecule has 0 radical (unpaired) electrons. The van der Waals surface area contributed by atoms with Crippen molar-refractivity contribution in [2.24, 2.45) is 4.99 Å². The minimum absolute atomic E-state index is 0.0825. The fourth-order valence-electron chi connectivity index (χ4n) is 6.17. The van der Waals surface area contributed by atoms with E-state index in [4.69, 9.17) is 14.4 Å². The van der Waals surface area contributed by atoms with Gasteiger partial charge in [-0.3, -0.25) is 4.99 Å². The van der Waals surface area contributed by atoms with Crippen LogP contribution in [0, 0.1) is 0 Å². The molecule has 0 bridgehead atoms. The van der Waals surface area contributed by atoms with Gasteiger partial charge in [0.2, 0.25) is 5.89 Å². The highest BCUT2D eigenvalue weighted by Gasteiger charge is 2.25. The van der Waals surface area contributed by atoms with Gasteiger partial charge >= 0.3 is 0 Å². The molecule has 0 atom stereocenters. The Labute approximate surface area is 282 Å². The van der Waals surface area contributed by atoms with Gasteiger partial charge < -0.3 is 9.52 Å². The zero-order chi connectivity index (χ0) is 33.6. The Morgan fingerprint density at radius 2 is 1.29 bits per heavy atom. The smallest absolute Gasteiger partial charge is 0.229 e. The van der Waals surface area contributed by atoms with Crippen molar-refractivity contribution in [3.8, 4) is 39.5 Å². The van der Waals surface area contributed by atoms with E-state index in [0.717, 1.165) is 38.9 Å². The van der Waals surface area contributed by atoms with Gasteiger partial charge in [0, 0.05) is 22.9 Å². The van der Waals surface area contributed by atoms with Gasteiger partial charge in [-0.2, -0.15) is 0 Å². The van der Waals surface area contributed by atoms with Crippen molar-refractivity contribution in [1.29, 1.82) is 0 Å². The number of hydrogen-bond donors (Lipinski definition) is 1. The zero-order valence-electron chi connectivity index (χ0n) is 28.4. The molecule has 1 aromatic heterocycles. The number of phenolic OH excluding ortho intramolecular Hbond substituents is 1. The summed E-state index contributed by atoms with van der Waals surface area (Å²) in [5, 5.41) is 13.8.